The van der Waals surface area contributed by atoms with Crippen LogP contribution in [0.25, 0.3) is 0 Å². The number of rotatable bonds is 12. The van der Waals surface area contributed by atoms with Crippen LogP contribution in [0.2, 0.25) is 5.02 Å². The highest BCUT2D eigenvalue weighted by Gasteiger charge is 2.77. The fraction of sp³-hybridized carbons (Fsp3) is 0.424. The number of carbonyl (C=O) groups is 3. The van der Waals surface area contributed by atoms with Gasteiger partial charge in [-0.25, -0.2) is 0 Å². The van der Waals surface area contributed by atoms with E-state index in [0.717, 1.165) is 0 Å². The Balaban J connectivity index is 1.58. The van der Waals surface area contributed by atoms with E-state index in [1.54, 1.807) is 72.5 Å². The monoisotopic (exact) mass is 685 g/mol. The maximum Gasteiger partial charge on any atom is 0.253 e. The Hall–Kier alpha value is -3.18. The van der Waals surface area contributed by atoms with Crippen LogP contribution in [0.1, 0.15) is 20.3 Å². The minimum absolute atomic E-state index is 0.129. The lowest BCUT2D eigenvalue weighted by Crippen LogP contribution is -2.59. The van der Waals surface area contributed by atoms with Gasteiger partial charge in [0.15, 0.2) is 0 Å². The molecular weight excluding hydrogens is 650 g/mol. The van der Waals surface area contributed by atoms with E-state index in [1.807, 2.05) is 6.92 Å². The van der Waals surface area contributed by atoms with Gasteiger partial charge in [-0.1, -0.05) is 51.8 Å². The van der Waals surface area contributed by atoms with Gasteiger partial charge in [-0.15, -0.1) is 13.2 Å². The van der Waals surface area contributed by atoms with Crippen LogP contribution in [0, 0.1) is 11.8 Å². The molecule has 2 bridgehead atoms. The van der Waals surface area contributed by atoms with E-state index in [-0.39, 0.29) is 30.4 Å². The summed E-state index contributed by atoms with van der Waals surface area (Å²) in [5.74, 6) is -2.27. The molecule has 3 aliphatic heterocycles. The Morgan fingerprint density at radius 3 is 2.43 bits per heavy atom. The number of nitrogens with zero attached hydrogens (tertiary/aromatic N) is 3. The number of likely N-dealkylation sites (tertiary alicyclic amines) is 1. The van der Waals surface area contributed by atoms with Crippen LogP contribution in [0.3, 0.4) is 0 Å². The summed E-state index contributed by atoms with van der Waals surface area (Å²) in [5.41, 5.74) is -0.224. The van der Waals surface area contributed by atoms with Gasteiger partial charge in [-0.2, -0.15) is 0 Å². The van der Waals surface area contributed by atoms with Crippen LogP contribution in [0.5, 0.6) is 5.75 Å². The molecule has 0 aromatic heterocycles. The van der Waals surface area contributed by atoms with Crippen LogP contribution in [-0.2, 0) is 19.1 Å². The molecule has 3 aliphatic rings. The van der Waals surface area contributed by atoms with Gasteiger partial charge in [0.25, 0.3) is 5.91 Å². The molecule has 3 fully saturated rings. The SMILES string of the molecule is C=CCN(C(=O)[C@H]1[C@@H]2OC3(CC2Br)C(C(=O)N(CC=C)c2ccccc2Cl)N([C@H](C)CO)C(=O)[C@H]13)c1ccc(OCC)cc1. The molecule has 3 saturated heterocycles. The van der Waals surface area contributed by atoms with Gasteiger partial charge in [0, 0.05) is 23.6 Å². The van der Waals surface area contributed by atoms with Gasteiger partial charge in [-0.05, 0) is 56.7 Å². The lowest BCUT2D eigenvalue weighted by Gasteiger charge is -2.38. The molecule has 7 atom stereocenters. The number of halogens is 2. The molecule has 5 rings (SSSR count). The number of hydrogen-bond donors (Lipinski definition) is 1. The number of benzene rings is 2. The number of anilines is 2. The van der Waals surface area contributed by atoms with Crippen molar-refractivity contribution in [2.45, 2.75) is 48.9 Å². The number of carbonyl (C=O) groups excluding carboxylic acids is 3. The Kier molecular flexibility index (Phi) is 9.55. The number of para-hydroxylation sites is 1. The summed E-state index contributed by atoms with van der Waals surface area (Å²) in [7, 11) is 0. The van der Waals surface area contributed by atoms with Gasteiger partial charge < -0.3 is 29.3 Å². The average molecular weight is 687 g/mol. The fourth-order valence-electron chi connectivity index (χ4n) is 6.97. The highest BCUT2D eigenvalue weighted by molar-refractivity contribution is 9.09. The molecule has 44 heavy (non-hydrogen) atoms. The minimum atomic E-state index is -1.31. The molecule has 3 unspecified atom stereocenters. The molecule has 2 aromatic carbocycles. The van der Waals surface area contributed by atoms with Crippen molar-refractivity contribution in [1.29, 1.82) is 0 Å². The van der Waals surface area contributed by atoms with Crippen molar-refractivity contribution < 1.29 is 29.0 Å². The molecule has 9 nitrogen and oxygen atoms in total. The topological polar surface area (TPSA) is 99.6 Å². The summed E-state index contributed by atoms with van der Waals surface area (Å²) in [6.45, 7) is 11.7. The predicted octanol–water partition coefficient (Wildman–Crippen LogP) is 4.61. The quantitative estimate of drug-likeness (QED) is 0.259. The Labute approximate surface area is 271 Å². The second-order valence-corrected chi connectivity index (χ2v) is 12.9. The highest BCUT2D eigenvalue weighted by atomic mass is 79.9. The summed E-state index contributed by atoms with van der Waals surface area (Å²) >= 11 is 10.3. The Morgan fingerprint density at radius 2 is 1.82 bits per heavy atom. The summed E-state index contributed by atoms with van der Waals surface area (Å²) in [5, 5.41) is 10.6. The summed E-state index contributed by atoms with van der Waals surface area (Å²) in [6, 6.07) is 12.3. The van der Waals surface area contributed by atoms with E-state index >= 15 is 0 Å². The van der Waals surface area contributed by atoms with E-state index in [4.69, 9.17) is 21.1 Å². The van der Waals surface area contributed by atoms with E-state index in [9.17, 15) is 19.5 Å². The molecule has 0 radical (unpaired) electrons. The molecule has 11 heteroatoms. The van der Waals surface area contributed by atoms with Crippen molar-refractivity contribution in [2.24, 2.45) is 11.8 Å². The van der Waals surface area contributed by atoms with Gasteiger partial charge in [0.2, 0.25) is 11.8 Å². The van der Waals surface area contributed by atoms with Crippen molar-refractivity contribution in [3.63, 3.8) is 0 Å². The van der Waals surface area contributed by atoms with Crippen molar-refractivity contribution in [2.75, 3.05) is 36.1 Å². The Morgan fingerprint density at radius 1 is 1.16 bits per heavy atom. The van der Waals surface area contributed by atoms with Crippen molar-refractivity contribution in [3.05, 3.63) is 78.9 Å². The van der Waals surface area contributed by atoms with Crippen LogP contribution < -0.4 is 14.5 Å². The van der Waals surface area contributed by atoms with Crippen molar-refractivity contribution in [3.8, 4) is 5.75 Å². The van der Waals surface area contributed by atoms with E-state index < -0.39 is 47.4 Å². The number of hydrogen-bond acceptors (Lipinski definition) is 6. The minimum Gasteiger partial charge on any atom is -0.494 e. The number of ether oxygens (including phenoxy) is 2. The molecule has 1 spiro atoms. The highest BCUT2D eigenvalue weighted by Crippen LogP contribution is 2.61. The summed E-state index contributed by atoms with van der Waals surface area (Å²) in [4.78, 5) is 47.7. The fourth-order valence-corrected chi connectivity index (χ4v) is 8.15. The number of aliphatic hydroxyl groups is 1. The normalized spacial score (nSPS) is 27.5. The van der Waals surface area contributed by atoms with Crippen LogP contribution in [0.15, 0.2) is 73.8 Å². The molecular formula is C33H37BrClN3O6. The number of alkyl halides is 1. The lowest BCUT2D eigenvalue weighted by atomic mass is 9.70. The van der Waals surface area contributed by atoms with E-state index in [2.05, 4.69) is 29.1 Å². The first-order valence-electron chi connectivity index (χ1n) is 14.7. The van der Waals surface area contributed by atoms with Crippen LogP contribution in [-0.4, -0.2) is 82.6 Å². The van der Waals surface area contributed by atoms with Gasteiger partial charge in [-0.3, -0.25) is 14.4 Å². The molecule has 1 N–H and O–H groups in total. The predicted molar refractivity (Wildman–Crippen MR) is 173 cm³/mol. The molecule has 0 aliphatic carbocycles. The largest absolute Gasteiger partial charge is 0.494 e. The first kappa shape index (κ1) is 32.2. The summed E-state index contributed by atoms with van der Waals surface area (Å²) < 4.78 is 12.2. The Bertz CT molecular complexity index is 1440. The van der Waals surface area contributed by atoms with Gasteiger partial charge in [0.05, 0.1) is 47.9 Å². The molecule has 0 saturated carbocycles. The van der Waals surface area contributed by atoms with Crippen LogP contribution >= 0.6 is 27.5 Å². The van der Waals surface area contributed by atoms with E-state index in [0.29, 0.717) is 35.2 Å². The third kappa shape index (κ3) is 5.25. The molecule has 234 valence electrons. The number of fused-ring (bicyclic) bond motifs is 1. The zero-order valence-corrected chi connectivity index (χ0v) is 27.1. The standard InChI is InChI=1S/C33H37BrClN3O6/c1-5-16-36(21-12-14-22(15-13-21)43-7-3)30(40)26-27-31(41)38(20(4)19-39)29(33(27)18-23(34)28(26)44-33)32(42)37(17-6-2)25-11-9-8-10-24(25)35/h5-6,8-15,20,23,26-29,39H,1-2,7,16-19H2,3-4H3/t20-,23?,26-,27+,28-,29?,33?/m1/s1. The third-order valence-electron chi connectivity index (χ3n) is 8.74. The second kappa shape index (κ2) is 13.0. The zero-order chi connectivity index (χ0) is 31.8. The van der Waals surface area contributed by atoms with Gasteiger partial charge in [0.1, 0.15) is 17.4 Å². The molecule has 2 aromatic rings. The van der Waals surface area contributed by atoms with Crippen LogP contribution in [0.4, 0.5) is 11.4 Å². The number of amides is 3. The number of aliphatic hydroxyl groups excluding tert-OH is 1. The first-order valence-corrected chi connectivity index (χ1v) is 16.0. The second-order valence-electron chi connectivity index (χ2n) is 11.3. The van der Waals surface area contributed by atoms with Crippen molar-refractivity contribution in [1.82, 2.24) is 4.90 Å². The molecule has 3 amide bonds. The third-order valence-corrected chi connectivity index (χ3v) is 9.91. The maximum absolute atomic E-state index is 14.6. The summed E-state index contributed by atoms with van der Waals surface area (Å²) in [6.07, 6.45) is 2.90. The maximum atomic E-state index is 14.6. The average Bonchev–Trinajstić information content (AvgIpc) is 3.62. The van der Waals surface area contributed by atoms with E-state index in [1.165, 1.54) is 9.80 Å². The smallest absolute Gasteiger partial charge is 0.253 e. The van der Waals surface area contributed by atoms with Crippen molar-refractivity contribution >= 4 is 56.6 Å². The first-order chi connectivity index (χ1) is 21.1. The van der Waals surface area contributed by atoms with Gasteiger partial charge >= 0.3 is 0 Å². The zero-order valence-electron chi connectivity index (χ0n) is 24.8. The lowest BCUT2D eigenvalue weighted by molar-refractivity contribution is -0.143. The molecule has 3 heterocycles.